The van der Waals surface area contributed by atoms with Crippen molar-refractivity contribution in [1.29, 1.82) is 0 Å². The summed E-state index contributed by atoms with van der Waals surface area (Å²) in [6.07, 6.45) is -0.0750. The Morgan fingerprint density at radius 1 is 1.17 bits per heavy atom. The lowest BCUT2D eigenvalue weighted by molar-refractivity contribution is -0.116. The van der Waals surface area contributed by atoms with Crippen LogP contribution in [0.3, 0.4) is 0 Å². The Morgan fingerprint density at radius 2 is 1.72 bits per heavy atom. The first-order valence-electron chi connectivity index (χ1n) is 5.84. The summed E-state index contributed by atoms with van der Waals surface area (Å²) in [6, 6.07) is 7.13. The van der Waals surface area contributed by atoms with E-state index in [-0.39, 0.29) is 5.78 Å². The normalized spacial score (nSPS) is 10.9. The molecule has 0 bridgehead atoms. The number of benzene rings is 1. The molecule has 0 radical (unpaired) electrons. The highest BCUT2D eigenvalue weighted by Gasteiger charge is 2.15. The molecular weight excluding hydrogens is 230 g/mol. The fourth-order valence-electron chi connectivity index (χ4n) is 1.41. The van der Waals surface area contributed by atoms with Crippen LogP contribution in [0.25, 0.3) is 0 Å². The van der Waals surface area contributed by atoms with Crippen molar-refractivity contribution in [3.8, 4) is 0 Å². The maximum absolute atomic E-state index is 11.5. The summed E-state index contributed by atoms with van der Waals surface area (Å²) < 4.78 is 5.13. The largest absolute Gasteiger partial charge is 0.444 e. The van der Waals surface area contributed by atoms with Crippen LogP contribution >= 0.6 is 0 Å². The van der Waals surface area contributed by atoms with Crippen LogP contribution in [-0.4, -0.2) is 17.5 Å². The highest BCUT2D eigenvalue weighted by Crippen LogP contribution is 2.13. The molecular formula is C14H19NO3. The van der Waals surface area contributed by atoms with E-state index in [1.165, 1.54) is 0 Å². The number of anilines is 1. The van der Waals surface area contributed by atoms with Crippen LogP contribution in [0.5, 0.6) is 0 Å². The molecule has 0 aliphatic carbocycles. The van der Waals surface area contributed by atoms with Gasteiger partial charge in [0.25, 0.3) is 0 Å². The van der Waals surface area contributed by atoms with Gasteiger partial charge < -0.3 is 4.74 Å². The van der Waals surface area contributed by atoms with Gasteiger partial charge >= 0.3 is 6.09 Å². The summed E-state index contributed by atoms with van der Waals surface area (Å²) in [5, 5.41) is 2.63. The van der Waals surface area contributed by atoms with E-state index in [2.05, 4.69) is 5.32 Å². The monoisotopic (exact) mass is 249 g/mol. The number of hydrogen-bond acceptors (Lipinski definition) is 3. The Labute approximate surface area is 107 Å². The van der Waals surface area contributed by atoms with E-state index in [0.29, 0.717) is 12.1 Å². The topological polar surface area (TPSA) is 55.4 Å². The quantitative estimate of drug-likeness (QED) is 0.895. The van der Waals surface area contributed by atoms with Crippen molar-refractivity contribution in [2.45, 2.75) is 39.7 Å². The number of carbonyl (C=O) groups excluding carboxylic acids is 2. The van der Waals surface area contributed by atoms with Crippen molar-refractivity contribution in [3.05, 3.63) is 29.8 Å². The van der Waals surface area contributed by atoms with Crippen LogP contribution in [0.1, 0.15) is 33.3 Å². The van der Waals surface area contributed by atoms with E-state index in [1.807, 2.05) is 32.9 Å². The zero-order valence-corrected chi connectivity index (χ0v) is 11.2. The van der Waals surface area contributed by atoms with Gasteiger partial charge in [0.05, 0.1) is 0 Å². The Morgan fingerprint density at radius 3 is 2.17 bits per heavy atom. The first kappa shape index (κ1) is 14.2. The Hall–Kier alpha value is -1.84. The Balaban J connectivity index is 2.58. The summed E-state index contributed by atoms with van der Waals surface area (Å²) in [4.78, 5) is 22.4. The lowest BCUT2D eigenvalue weighted by Gasteiger charge is -2.19. The van der Waals surface area contributed by atoms with Gasteiger partial charge in [-0.3, -0.25) is 10.1 Å². The van der Waals surface area contributed by atoms with Gasteiger partial charge in [-0.2, -0.15) is 0 Å². The Kier molecular flexibility index (Phi) is 4.48. The summed E-state index contributed by atoms with van der Waals surface area (Å²) in [7, 11) is 0. The fourth-order valence-corrected chi connectivity index (χ4v) is 1.41. The number of nitrogens with one attached hydrogen (secondary N) is 1. The average molecular weight is 249 g/mol. The SMILES string of the molecule is CC(=O)Cc1ccc(NC(=O)OC(C)(C)C)cc1. The van der Waals surface area contributed by atoms with Gasteiger partial charge in [-0.1, -0.05) is 12.1 Å². The highest BCUT2D eigenvalue weighted by atomic mass is 16.6. The number of ether oxygens (including phenoxy) is 1. The van der Waals surface area contributed by atoms with Gasteiger partial charge in [0, 0.05) is 12.1 Å². The van der Waals surface area contributed by atoms with E-state index < -0.39 is 11.7 Å². The van der Waals surface area contributed by atoms with Crippen molar-refractivity contribution in [2.75, 3.05) is 5.32 Å². The van der Waals surface area contributed by atoms with Crippen molar-refractivity contribution in [3.63, 3.8) is 0 Å². The molecule has 4 nitrogen and oxygen atoms in total. The highest BCUT2D eigenvalue weighted by molar-refractivity contribution is 5.85. The first-order chi connectivity index (χ1) is 8.26. The molecule has 0 saturated heterocycles. The standard InChI is InChI=1S/C14H19NO3/c1-10(16)9-11-5-7-12(8-6-11)15-13(17)18-14(2,3)4/h5-8H,9H2,1-4H3,(H,15,17). The molecule has 0 saturated carbocycles. The molecule has 1 N–H and O–H groups in total. The number of rotatable bonds is 3. The van der Waals surface area contributed by atoms with Crippen molar-refractivity contribution in [1.82, 2.24) is 0 Å². The molecule has 0 spiro atoms. The third-order valence-corrected chi connectivity index (χ3v) is 2.05. The second kappa shape index (κ2) is 5.67. The maximum Gasteiger partial charge on any atom is 0.412 e. The first-order valence-corrected chi connectivity index (χ1v) is 5.84. The number of ketones is 1. The molecule has 0 fully saturated rings. The van der Waals surface area contributed by atoms with Gasteiger partial charge in [0.1, 0.15) is 11.4 Å². The lowest BCUT2D eigenvalue weighted by atomic mass is 10.1. The molecule has 4 heteroatoms. The minimum Gasteiger partial charge on any atom is -0.444 e. The molecule has 0 unspecified atom stereocenters. The summed E-state index contributed by atoms with van der Waals surface area (Å²) in [5.41, 5.74) is 1.06. The predicted octanol–water partition coefficient (Wildman–Crippen LogP) is 3.17. The van der Waals surface area contributed by atoms with Crippen LogP contribution in [0.15, 0.2) is 24.3 Å². The maximum atomic E-state index is 11.5. The van der Waals surface area contributed by atoms with Gasteiger partial charge in [-0.25, -0.2) is 4.79 Å². The molecule has 0 aromatic heterocycles. The van der Waals surface area contributed by atoms with Gasteiger partial charge in [-0.05, 0) is 45.4 Å². The third kappa shape index (κ3) is 5.48. The molecule has 0 atom stereocenters. The van der Waals surface area contributed by atoms with Crippen molar-refractivity contribution in [2.24, 2.45) is 0 Å². The van der Waals surface area contributed by atoms with Gasteiger partial charge in [0.2, 0.25) is 0 Å². The zero-order valence-electron chi connectivity index (χ0n) is 11.2. The predicted molar refractivity (Wildman–Crippen MR) is 70.7 cm³/mol. The molecule has 1 aromatic carbocycles. The Bertz CT molecular complexity index is 429. The van der Waals surface area contributed by atoms with Crippen LogP contribution in [0.4, 0.5) is 10.5 Å². The van der Waals surface area contributed by atoms with Crippen molar-refractivity contribution < 1.29 is 14.3 Å². The van der Waals surface area contributed by atoms with E-state index >= 15 is 0 Å². The third-order valence-electron chi connectivity index (χ3n) is 2.05. The second-order valence-electron chi connectivity index (χ2n) is 5.20. The summed E-state index contributed by atoms with van der Waals surface area (Å²) >= 11 is 0. The van der Waals surface area contributed by atoms with E-state index in [4.69, 9.17) is 4.74 Å². The molecule has 18 heavy (non-hydrogen) atoms. The molecule has 0 aliphatic heterocycles. The molecule has 1 amide bonds. The van der Waals surface area contributed by atoms with Crippen LogP contribution in [0, 0.1) is 0 Å². The fraction of sp³-hybridized carbons (Fsp3) is 0.429. The number of carbonyl (C=O) groups is 2. The van der Waals surface area contributed by atoms with Crippen LogP contribution < -0.4 is 5.32 Å². The minimum absolute atomic E-state index is 0.114. The number of hydrogen-bond donors (Lipinski definition) is 1. The smallest absolute Gasteiger partial charge is 0.412 e. The van der Waals surface area contributed by atoms with E-state index in [0.717, 1.165) is 5.56 Å². The van der Waals surface area contributed by atoms with Crippen LogP contribution in [0.2, 0.25) is 0 Å². The van der Waals surface area contributed by atoms with E-state index in [9.17, 15) is 9.59 Å². The number of Topliss-reactive ketones (excluding diaryl/α,β-unsaturated/α-hetero) is 1. The average Bonchev–Trinajstić information content (AvgIpc) is 2.17. The minimum atomic E-state index is -0.515. The molecule has 1 aromatic rings. The van der Waals surface area contributed by atoms with Crippen LogP contribution in [-0.2, 0) is 16.0 Å². The molecule has 1 rings (SSSR count). The number of amides is 1. The van der Waals surface area contributed by atoms with Gasteiger partial charge in [-0.15, -0.1) is 0 Å². The molecule has 0 aliphatic rings. The van der Waals surface area contributed by atoms with Gasteiger partial charge in [0.15, 0.2) is 0 Å². The molecule has 0 heterocycles. The zero-order chi connectivity index (χ0) is 13.8. The summed E-state index contributed by atoms with van der Waals surface area (Å²) in [6.45, 7) is 6.97. The van der Waals surface area contributed by atoms with Crippen molar-refractivity contribution >= 4 is 17.6 Å². The summed E-state index contributed by atoms with van der Waals surface area (Å²) in [5.74, 6) is 0.114. The lowest BCUT2D eigenvalue weighted by Crippen LogP contribution is -2.27. The van der Waals surface area contributed by atoms with E-state index in [1.54, 1.807) is 19.1 Å². The second-order valence-corrected chi connectivity index (χ2v) is 5.20. The molecule has 98 valence electrons.